The summed E-state index contributed by atoms with van der Waals surface area (Å²) >= 11 is 7.11. The van der Waals surface area contributed by atoms with E-state index in [1.54, 1.807) is 44.5 Å². The number of nitrogens with one attached hydrogen (secondary N) is 1. The fraction of sp³-hybridized carbons (Fsp3) is 0.410. The molecule has 2 aromatic heterocycles. The number of benzene rings is 2. The van der Waals surface area contributed by atoms with Gasteiger partial charge in [-0.2, -0.15) is 0 Å². The maximum atomic E-state index is 16.5. The summed E-state index contributed by atoms with van der Waals surface area (Å²) in [6.07, 6.45) is 4.79. The van der Waals surface area contributed by atoms with E-state index < -0.39 is 5.82 Å². The Kier molecular flexibility index (Phi) is 9.09. The first-order valence-corrected chi connectivity index (χ1v) is 18.1. The molecule has 0 radical (unpaired) electrons. The summed E-state index contributed by atoms with van der Waals surface area (Å²) in [6, 6.07) is 13.0. The third kappa shape index (κ3) is 6.16. The second-order valence-corrected chi connectivity index (χ2v) is 14.6. The van der Waals surface area contributed by atoms with Gasteiger partial charge in [-0.1, -0.05) is 41.9 Å². The van der Waals surface area contributed by atoms with Crippen molar-refractivity contribution in [3.63, 3.8) is 0 Å². The Morgan fingerprint density at radius 2 is 1.65 bits per heavy atom. The number of carbonyl (C=O) groups excluding carboxylic acids is 2. The highest BCUT2D eigenvalue weighted by molar-refractivity contribution is 6.36. The van der Waals surface area contributed by atoms with Gasteiger partial charge in [0, 0.05) is 93.0 Å². The SMILES string of the molecule is COc1nc(-c2cccc(-c3cccc(-c4cc5c(c(OC)n4)[C@@H](N4CCN(C(C)=O)CC4)CC5)c3Cl)c2F)cnc1CN1CC2(CCC(=O)N2)C1. The van der Waals surface area contributed by atoms with Gasteiger partial charge in [0.2, 0.25) is 23.6 Å². The zero-order valence-electron chi connectivity index (χ0n) is 29.5. The first kappa shape index (κ1) is 34.4. The monoisotopic (exact) mass is 725 g/mol. The normalized spacial score (nSPS) is 19.8. The van der Waals surface area contributed by atoms with Crippen molar-refractivity contribution in [3.05, 3.63) is 76.3 Å². The molecule has 4 aliphatic rings. The lowest BCUT2D eigenvalue weighted by Gasteiger charge is -2.47. The van der Waals surface area contributed by atoms with E-state index in [4.69, 9.17) is 26.1 Å². The number of methoxy groups -OCH3 is 2. The number of ether oxygens (including phenoxy) is 2. The van der Waals surface area contributed by atoms with Crippen LogP contribution in [0.1, 0.15) is 49.0 Å². The van der Waals surface area contributed by atoms with Crippen LogP contribution in [-0.2, 0) is 22.6 Å². The second-order valence-electron chi connectivity index (χ2n) is 14.2. The fourth-order valence-electron chi connectivity index (χ4n) is 8.41. The standard InChI is InChI=1S/C39H41ClFN7O4/c1-23(49)47-14-16-48(17-15-47)32-11-10-24-18-29(43-38(52-3)34(24)32)27-8-4-6-25(35(27)40)26-7-5-9-28(36(26)41)30-19-42-31(37(44-30)51-2)20-46-21-39(22-46)13-12-33(50)45-39/h4-9,18-19,32H,10-17,20-22H2,1-3H3,(H,45,50)/t32-/m0/s1. The van der Waals surface area contributed by atoms with Crippen LogP contribution in [0.5, 0.6) is 11.8 Å². The maximum absolute atomic E-state index is 16.5. The number of likely N-dealkylation sites (tertiary alicyclic amines) is 1. The van der Waals surface area contributed by atoms with Gasteiger partial charge >= 0.3 is 0 Å². The third-order valence-electron chi connectivity index (χ3n) is 11.0. The van der Waals surface area contributed by atoms with E-state index in [1.165, 1.54) is 7.11 Å². The molecule has 5 heterocycles. The minimum absolute atomic E-state index is 0.103. The summed E-state index contributed by atoms with van der Waals surface area (Å²) in [4.78, 5) is 44.4. The van der Waals surface area contributed by atoms with Crippen LogP contribution >= 0.6 is 11.6 Å². The molecule has 1 spiro atoms. The van der Waals surface area contributed by atoms with Crippen LogP contribution in [0, 0.1) is 5.82 Å². The van der Waals surface area contributed by atoms with E-state index in [9.17, 15) is 9.59 Å². The van der Waals surface area contributed by atoms with Crippen molar-refractivity contribution in [2.24, 2.45) is 0 Å². The molecule has 11 nitrogen and oxygen atoms in total. The van der Waals surface area contributed by atoms with Crippen molar-refractivity contribution in [2.45, 2.75) is 50.7 Å². The molecule has 3 aliphatic heterocycles. The largest absolute Gasteiger partial charge is 0.481 e. The quantitative estimate of drug-likeness (QED) is 0.259. The second kappa shape index (κ2) is 13.7. The molecule has 8 rings (SSSR count). The van der Waals surface area contributed by atoms with E-state index in [-0.39, 0.29) is 29.0 Å². The van der Waals surface area contributed by atoms with Crippen molar-refractivity contribution in [3.8, 4) is 45.4 Å². The Morgan fingerprint density at radius 1 is 0.962 bits per heavy atom. The molecule has 13 heteroatoms. The summed E-state index contributed by atoms with van der Waals surface area (Å²) in [5, 5.41) is 3.48. The van der Waals surface area contributed by atoms with Crippen molar-refractivity contribution >= 4 is 23.4 Å². The van der Waals surface area contributed by atoms with Crippen LogP contribution in [0.15, 0.2) is 48.7 Å². The van der Waals surface area contributed by atoms with Gasteiger partial charge in [0.25, 0.3) is 0 Å². The molecule has 52 heavy (non-hydrogen) atoms. The number of fused-ring (bicyclic) bond motifs is 1. The average Bonchev–Trinajstić information content (AvgIpc) is 3.75. The molecule has 4 aromatic rings. The van der Waals surface area contributed by atoms with Crippen LogP contribution in [-0.4, -0.2) is 100 Å². The highest BCUT2D eigenvalue weighted by Crippen LogP contribution is 2.45. The van der Waals surface area contributed by atoms with Crippen LogP contribution in [0.2, 0.25) is 5.02 Å². The minimum Gasteiger partial charge on any atom is -0.481 e. The minimum atomic E-state index is -0.473. The Morgan fingerprint density at radius 3 is 2.35 bits per heavy atom. The number of hydrogen-bond donors (Lipinski definition) is 1. The number of pyridine rings is 1. The zero-order valence-corrected chi connectivity index (χ0v) is 30.3. The summed E-state index contributed by atoms with van der Waals surface area (Å²) < 4.78 is 28.0. The Bertz CT molecular complexity index is 2060. The van der Waals surface area contributed by atoms with Gasteiger partial charge < -0.3 is 19.7 Å². The molecule has 1 aliphatic carbocycles. The molecule has 2 aromatic carbocycles. The highest BCUT2D eigenvalue weighted by Gasteiger charge is 2.47. The molecule has 0 bridgehead atoms. The molecule has 3 fully saturated rings. The van der Waals surface area contributed by atoms with Crippen LogP contribution in [0.4, 0.5) is 4.39 Å². The van der Waals surface area contributed by atoms with Gasteiger partial charge in [-0.15, -0.1) is 0 Å². The molecular weight excluding hydrogens is 685 g/mol. The number of aromatic nitrogens is 3. The number of piperazine rings is 1. The zero-order chi connectivity index (χ0) is 36.1. The lowest BCUT2D eigenvalue weighted by Crippen LogP contribution is -2.66. The maximum Gasteiger partial charge on any atom is 0.237 e. The summed E-state index contributed by atoms with van der Waals surface area (Å²) in [5.74, 6) is 0.632. The van der Waals surface area contributed by atoms with Gasteiger partial charge in [0.05, 0.1) is 42.4 Å². The summed E-state index contributed by atoms with van der Waals surface area (Å²) in [6.45, 7) is 6.65. The third-order valence-corrected chi connectivity index (χ3v) is 11.4. The number of hydrogen-bond acceptors (Lipinski definition) is 9. The highest BCUT2D eigenvalue weighted by atomic mass is 35.5. The molecule has 0 saturated carbocycles. The molecule has 0 unspecified atom stereocenters. The van der Waals surface area contributed by atoms with E-state index in [0.29, 0.717) is 76.6 Å². The van der Waals surface area contributed by atoms with Crippen molar-refractivity contribution in [1.29, 1.82) is 0 Å². The lowest BCUT2D eigenvalue weighted by molar-refractivity contribution is -0.131. The number of halogens is 2. The average molecular weight is 726 g/mol. The van der Waals surface area contributed by atoms with Crippen molar-refractivity contribution < 1.29 is 23.5 Å². The Labute approximate surface area is 307 Å². The number of rotatable bonds is 8. The Hall–Kier alpha value is -4.65. The van der Waals surface area contributed by atoms with E-state index in [0.717, 1.165) is 56.6 Å². The molecule has 2 amide bonds. The van der Waals surface area contributed by atoms with Gasteiger partial charge in [-0.05, 0) is 37.0 Å². The predicted molar refractivity (Wildman–Crippen MR) is 194 cm³/mol. The lowest BCUT2D eigenvalue weighted by atomic mass is 9.88. The van der Waals surface area contributed by atoms with Gasteiger partial charge in [-0.25, -0.2) is 14.4 Å². The molecule has 3 saturated heterocycles. The number of nitrogens with zero attached hydrogens (tertiary/aromatic N) is 6. The summed E-state index contributed by atoms with van der Waals surface area (Å²) in [5.41, 5.74) is 5.59. The molecular formula is C39H41ClFN7O4. The first-order chi connectivity index (χ1) is 25.2. The van der Waals surface area contributed by atoms with Gasteiger partial charge in [-0.3, -0.25) is 24.4 Å². The van der Waals surface area contributed by atoms with E-state index in [1.807, 2.05) is 17.0 Å². The first-order valence-electron chi connectivity index (χ1n) is 17.8. The van der Waals surface area contributed by atoms with Crippen molar-refractivity contribution in [1.82, 2.24) is 35.0 Å². The summed E-state index contributed by atoms with van der Waals surface area (Å²) in [7, 11) is 3.17. The van der Waals surface area contributed by atoms with Gasteiger partial charge in [0.15, 0.2) is 0 Å². The molecule has 1 atom stereocenters. The van der Waals surface area contributed by atoms with Gasteiger partial charge in [0.1, 0.15) is 11.5 Å². The number of aryl methyl sites for hydroxylation is 1. The Balaban J connectivity index is 1.05. The van der Waals surface area contributed by atoms with Crippen LogP contribution in [0.25, 0.3) is 33.6 Å². The number of amides is 2. The number of carbonyl (C=O) groups is 2. The smallest absolute Gasteiger partial charge is 0.237 e. The predicted octanol–water partition coefficient (Wildman–Crippen LogP) is 5.30. The van der Waals surface area contributed by atoms with Crippen LogP contribution < -0.4 is 14.8 Å². The van der Waals surface area contributed by atoms with E-state index in [2.05, 4.69) is 31.2 Å². The topological polar surface area (TPSA) is 113 Å². The fourth-order valence-corrected chi connectivity index (χ4v) is 8.73. The van der Waals surface area contributed by atoms with E-state index >= 15 is 4.39 Å². The van der Waals surface area contributed by atoms with Crippen LogP contribution in [0.3, 0.4) is 0 Å². The molecule has 1 N–H and O–H groups in total. The molecule has 270 valence electrons. The van der Waals surface area contributed by atoms with Crippen molar-refractivity contribution in [2.75, 3.05) is 53.5 Å².